The fraction of sp³-hybridized carbons (Fsp3) is 0.763. The quantitative estimate of drug-likeness (QED) is 0.240. The molecule has 0 amide bonds. The highest BCUT2D eigenvalue weighted by molar-refractivity contribution is 5.89. The first-order valence-electron chi connectivity index (χ1n) is 17.3. The Morgan fingerprint density at radius 2 is 1.67 bits per heavy atom. The van der Waals surface area contributed by atoms with Crippen molar-refractivity contribution < 1.29 is 19.0 Å². The average Bonchev–Trinajstić information content (AvgIpc) is 3.58. The van der Waals surface area contributed by atoms with Crippen LogP contribution in [0, 0.1) is 58.2 Å². The van der Waals surface area contributed by atoms with E-state index in [9.17, 15) is 4.79 Å². The van der Waals surface area contributed by atoms with E-state index in [1.54, 1.807) is 0 Å². The summed E-state index contributed by atoms with van der Waals surface area (Å²) in [5.41, 5.74) is 1.21. The molecule has 5 aliphatic rings. The van der Waals surface area contributed by atoms with Crippen LogP contribution in [0.1, 0.15) is 110 Å². The van der Waals surface area contributed by atoms with Crippen LogP contribution in [0.25, 0.3) is 0 Å². The number of esters is 1. The second-order valence-corrected chi connectivity index (χ2v) is 15.6. The molecule has 1 aliphatic heterocycles. The molecule has 1 aromatic rings. The molecule has 42 heavy (non-hydrogen) atoms. The van der Waals surface area contributed by atoms with Gasteiger partial charge in [0.2, 0.25) is 0 Å². The van der Waals surface area contributed by atoms with E-state index >= 15 is 0 Å². The fourth-order valence-electron chi connectivity index (χ4n) is 11.0. The Labute approximate surface area is 255 Å². The highest BCUT2D eigenvalue weighted by atomic mass is 16.7. The molecule has 1 aromatic carbocycles. The molecule has 4 nitrogen and oxygen atoms in total. The summed E-state index contributed by atoms with van der Waals surface area (Å²) in [5, 5.41) is 0. The molecule has 5 unspecified atom stereocenters. The predicted octanol–water partition coefficient (Wildman–Crippen LogP) is 9.10. The number of allylic oxidation sites excluding steroid dienone is 2. The summed E-state index contributed by atoms with van der Waals surface area (Å²) in [4.78, 5) is 13.6. The van der Waals surface area contributed by atoms with E-state index in [2.05, 4.69) is 53.7 Å². The number of carbonyl (C=O) groups excluding carboxylic acids is 1. The molecule has 4 heteroatoms. The van der Waals surface area contributed by atoms with Crippen molar-refractivity contribution in [2.24, 2.45) is 58.2 Å². The van der Waals surface area contributed by atoms with Crippen LogP contribution in [0.15, 0.2) is 42.5 Å². The van der Waals surface area contributed by atoms with Crippen LogP contribution in [-0.4, -0.2) is 31.1 Å². The van der Waals surface area contributed by atoms with Gasteiger partial charge in [-0.25, -0.2) is 4.79 Å². The Balaban J connectivity index is 1.29. The van der Waals surface area contributed by atoms with Gasteiger partial charge >= 0.3 is 5.97 Å². The third-order valence-electron chi connectivity index (χ3n) is 13.4. The van der Waals surface area contributed by atoms with E-state index < -0.39 is 5.79 Å². The van der Waals surface area contributed by atoms with Gasteiger partial charge in [0.05, 0.1) is 18.8 Å². The molecule has 1 spiro atoms. The topological polar surface area (TPSA) is 44.8 Å². The van der Waals surface area contributed by atoms with Crippen LogP contribution in [0.5, 0.6) is 0 Å². The Morgan fingerprint density at radius 3 is 2.36 bits per heavy atom. The highest BCUT2D eigenvalue weighted by Crippen LogP contribution is 2.69. The van der Waals surface area contributed by atoms with Gasteiger partial charge in [-0.05, 0) is 109 Å². The lowest BCUT2D eigenvalue weighted by molar-refractivity contribution is -0.242. The maximum absolute atomic E-state index is 13.6. The van der Waals surface area contributed by atoms with Crippen molar-refractivity contribution in [3.05, 3.63) is 48.0 Å². The third kappa shape index (κ3) is 5.21. The lowest BCUT2D eigenvalue weighted by atomic mass is 9.43. The van der Waals surface area contributed by atoms with E-state index in [1.807, 2.05) is 30.3 Å². The van der Waals surface area contributed by atoms with Crippen LogP contribution in [0.2, 0.25) is 0 Å². The largest absolute Gasteiger partial charge is 0.458 e. The van der Waals surface area contributed by atoms with Crippen LogP contribution < -0.4 is 0 Å². The van der Waals surface area contributed by atoms with Crippen molar-refractivity contribution in [2.45, 2.75) is 111 Å². The zero-order valence-corrected chi connectivity index (χ0v) is 27.1. The molecular formula is C38H56O4. The summed E-state index contributed by atoms with van der Waals surface area (Å²) in [6, 6.07) is 9.63. The van der Waals surface area contributed by atoms with Gasteiger partial charge in [-0.2, -0.15) is 0 Å². The van der Waals surface area contributed by atoms with E-state index in [1.165, 1.54) is 32.1 Å². The number of benzene rings is 1. The second-order valence-electron chi connectivity index (χ2n) is 15.6. The van der Waals surface area contributed by atoms with E-state index in [0.29, 0.717) is 71.5 Å². The minimum Gasteiger partial charge on any atom is -0.458 e. The molecule has 0 N–H and O–H groups in total. The van der Waals surface area contributed by atoms with Crippen LogP contribution >= 0.6 is 0 Å². The first-order valence-corrected chi connectivity index (χ1v) is 17.3. The smallest absolute Gasteiger partial charge is 0.338 e. The number of carbonyl (C=O) groups is 1. The van der Waals surface area contributed by atoms with Crippen molar-refractivity contribution in [3.63, 3.8) is 0 Å². The predicted molar refractivity (Wildman–Crippen MR) is 168 cm³/mol. The standard InChI is InChI=1S/C38H56O4/c1-7-27(25(2)3)14-13-26(4)30-15-16-31-34-32(17-18-37(30,31)6)36(5)19-20-38(40-21-22-41-38)24-29(36)23-33(34)42-35(39)28-11-9-8-10-12-28/h8-14,25-27,29-34H,7,15-24H2,1-6H3/t26?,27?,29-,30+,31?,32?,33+,34?,36-,37+/m0/s1. The van der Waals surface area contributed by atoms with Gasteiger partial charge in [0.25, 0.3) is 0 Å². The Bertz CT molecular complexity index is 1120. The van der Waals surface area contributed by atoms with Gasteiger partial charge in [-0.1, -0.05) is 71.9 Å². The summed E-state index contributed by atoms with van der Waals surface area (Å²) in [6.07, 6.45) is 15.4. The minimum absolute atomic E-state index is 0.0445. The van der Waals surface area contributed by atoms with E-state index in [-0.39, 0.29) is 17.5 Å². The van der Waals surface area contributed by atoms with Crippen molar-refractivity contribution >= 4 is 5.97 Å². The minimum atomic E-state index is -0.416. The second kappa shape index (κ2) is 11.7. The monoisotopic (exact) mass is 576 g/mol. The fourth-order valence-corrected chi connectivity index (χ4v) is 11.0. The van der Waals surface area contributed by atoms with Gasteiger partial charge in [0.1, 0.15) is 6.10 Å². The maximum Gasteiger partial charge on any atom is 0.338 e. The molecule has 10 atom stereocenters. The van der Waals surface area contributed by atoms with Crippen LogP contribution in [-0.2, 0) is 14.2 Å². The van der Waals surface area contributed by atoms with Gasteiger partial charge in [0.15, 0.2) is 5.79 Å². The molecule has 6 rings (SSSR count). The summed E-state index contributed by atoms with van der Waals surface area (Å²) < 4.78 is 19.1. The zero-order valence-electron chi connectivity index (χ0n) is 27.1. The lowest BCUT2D eigenvalue weighted by Gasteiger charge is -2.63. The zero-order chi connectivity index (χ0) is 29.7. The van der Waals surface area contributed by atoms with Crippen molar-refractivity contribution in [2.75, 3.05) is 13.2 Å². The van der Waals surface area contributed by atoms with Gasteiger partial charge in [-0.3, -0.25) is 0 Å². The van der Waals surface area contributed by atoms with E-state index in [0.717, 1.165) is 25.7 Å². The van der Waals surface area contributed by atoms with Crippen molar-refractivity contribution in [3.8, 4) is 0 Å². The lowest BCUT2D eigenvalue weighted by Crippen LogP contribution is -2.60. The number of fused-ring (bicyclic) bond motifs is 5. The molecule has 1 saturated heterocycles. The van der Waals surface area contributed by atoms with E-state index in [4.69, 9.17) is 14.2 Å². The molecule has 4 aliphatic carbocycles. The molecule has 0 bridgehead atoms. The molecule has 4 saturated carbocycles. The summed E-state index contributed by atoms with van der Waals surface area (Å²) in [5.74, 6) is 4.10. The number of hydrogen-bond donors (Lipinski definition) is 0. The Morgan fingerprint density at radius 1 is 0.952 bits per heavy atom. The van der Waals surface area contributed by atoms with Gasteiger partial charge in [0, 0.05) is 18.8 Å². The molecule has 5 fully saturated rings. The molecule has 232 valence electrons. The molecule has 0 aromatic heterocycles. The molecule has 0 radical (unpaired) electrons. The van der Waals surface area contributed by atoms with Crippen LogP contribution in [0.3, 0.4) is 0 Å². The third-order valence-corrected chi connectivity index (χ3v) is 13.4. The highest BCUT2D eigenvalue weighted by Gasteiger charge is 2.65. The summed E-state index contributed by atoms with van der Waals surface area (Å²) in [7, 11) is 0. The molecule has 1 heterocycles. The number of hydrogen-bond acceptors (Lipinski definition) is 4. The maximum atomic E-state index is 13.6. The van der Waals surface area contributed by atoms with Crippen molar-refractivity contribution in [1.82, 2.24) is 0 Å². The average molecular weight is 577 g/mol. The summed E-state index contributed by atoms with van der Waals surface area (Å²) >= 11 is 0. The SMILES string of the molecule is CCC(C=CC(C)[C@H]1CCC2C3C(CC[C@@]21C)[C@@]1(C)CCC2(C[C@@H]1C[C@H]3OC(=O)c1ccccc1)OCCO2)C(C)C. The first kappa shape index (κ1) is 30.4. The normalized spacial score (nSPS) is 40.5. The number of ether oxygens (including phenoxy) is 3. The Hall–Kier alpha value is -1.65. The van der Waals surface area contributed by atoms with Crippen molar-refractivity contribution in [1.29, 1.82) is 0 Å². The Kier molecular flexibility index (Phi) is 8.46. The molecular weight excluding hydrogens is 520 g/mol. The summed E-state index contributed by atoms with van der Waals surface area (Å²) in [6.45, 7) is 16.1. The van der Waals surface area contributed by atoms with Gasteiger partial charge < -0.3 is 14.2 Å². The van der Waals surface area contributed by atoms with Crippen LogP contribution in [0.4, 0.5) is 0 Å². The first-order chi connectivity index (χ1) is 20.1. The number of rotatable bonds is 7. The van der Waals surface area contributed by atoms with Gasteiger partial charge in [-0.15, -0.1) is 0 Å².